The van der Waals surface area contributed by atoms with Gasteiger partial charge in [0, 0.05) is 22.9 Å². The van der Waals surface area contributed by atoms with Gasteiger partial charge < -0.3 is 0 Å². The van der Waals surface area contributed by atoms with Gasteiger partial charge in [0.25, 0.3) is 11.8 Å². The van der Waals surface area contributed by atoms with Crippen LogP contribution in [0.5, 0.6) is 0 Å². The Hall–Kier alpha value is -2.76. The van der Waals surface area contributed by atoms with Crippen molar-refractivity contribution in [2.75, 3.05) is 0 Å². The zero-order valence-electron chi connectivity index (χ0n) is 13.2. The maximum atomic E-state index is 13.5. The normalized spacial score (nSPS) is 11.0. The zero-order chi connectivity index (χ0) is 17.0. The van der Waals surface area contributed by atoms with Crippen LogP contribution in [0.2, 0.25) is 0 Å². The van der Waals surface area contributed by atoms with Crippen LogP contribution in [0.1, 0.15) is 47.2 Å². The number of carbonyl (C=O) groups excluding carboxylic acids is 2. The van der Waals surface area contributed by atoms with E-state index >= 15 is 0 Å². The van der Waals surface area contributed by atoms with E-state index in [0.29, 0.717) is 5.56 Å². The molecule has 0 aliphatic carbocycles. The van der Waals surface area contributed by atoms with Crippen molar-refractivity contribution in [1.29, 1.82) is 0 Å². The lowest BCUT2D eigenvalue weighted by Crippen LogP contribution is -2.42. The van der Waals surface area contributed by atoms with Crippen molar-refractivity contribution in [2.24, 2.45) is 0 Å². The number of nitrogens with one attached hydrogen (secondary N) is 2. The average Bonchev–Trinajstić information content (AvgIpc) is 2.52. The number of hydrazine groups is 1. The lowest BCUT2D eigenvalue weighted by molar-refractivity contribution is 0.0844. The Morgan fingerprint density at radius 1 is 1.04 bits per heavy atom. The largest absolute Gasteiger partial charge is 0.272 e. The van der Waals surface area contributed by atoms with E-state index in [1.807, 2.05) is 20.8 Å². The number of hydrogen-bond acceptors (Lipinski definition) is 3. The fraction of sp³-hybridized carbons (Fsp3) is 0.235. The molecule has 0 unspecified atom stereocenters. The van der Waals surface area contributed by atoms with Crippen molar-refractivity contribution < 1.29 is 14.0 Å². The van der Waals surface area contributed by atoms with E-state index in [0.717, 1.165) is 5.69 Å². The lowest BCUT2D eigenvalue weighted by atomic mass is 9.91. The Kier molecular flexibility index (Phi) is 4.74. The van der Waals surface area contributed by atoms with Crippen molar-refractivity contribution in [3.05, 3.63) is 65.2 Å². The summed E-state index contributed by atoms with van der Waals surface area (Å²) in [4.78, 5) is 28.2. The molecule has 2 N–H and O–H groups in total. The van der Waals surface area contributed by atoms with Gasteiger partial charge in [-0.25, -0.2) is 4.39 Å². The van der Waals surface area contributed by atoms with Crippen molar-refractivity contribution in [3.63, 3.8) is 0 Å². The summed E-state index contributed by atoms with van der Waals surface area (Å²) in [6.07, 6.45) is 1.54. The minimum Gasteiger partial charge on any atom is -0.267 e. The molecule has 0 bridgehead atoms. The highest BCUT2D eigenvalue weighted by atomic mass is 19.1. The van der Waals surface area contributed by atoms with Gasteiger partial charge in [-0.05, 0) is 24.3 Å². The molecule has 120 valence electrons. The zero-order valence-corrected chi connectivity index (χ0v) is 13.2. The number of carbonyl (C=O) groups is 2. The Balaban J connectivity index is 2.06. The Labute approximate surface area is 133 Å². The van der Waals surface area contributed by atoms with Gasteiger partial charge in [-0.15, -0.1) is 0 Å². The van der Waals surface area contributed by atoms with Crippen molar-refractivity contribution in [1.82, 2.24) is 15.8 Å². The molecule has 2 aromatic rings. The predicted molar refractivity (Wildman–Crippen MR) is 84.3 cm³/mol. The van der Waals surface area contributed by atoms with Crippen LogP contribution in [0, 0.1) is 5.82 Å². The van der Waals surface area contributed by atoms with Gasteiger partial charge in [0.1, 0.15) is 5.82 Å². The topological polar surface area (TPSA) is 71.1 Å². The van der Waals surface area contributed by atoms with Crippen LogP contribution in [-0.4, -0.2) is 16.8 Å². The summed E-state index contributed by atoms with van der Waals surface area (Å²) in [6, 6.07) is 8.73. The van der Waals surface area contributed by atoms with Crippen molar-refractivity contribution in [3.8, 4) is 0 Å². The quantitative estimate of drug-likeness (QED) is 0.837. The minimum absolute atomic E-state index is 0.141. The summed E-state index contributed by atoms with van der Waals surface area (Å²) in [5, 5.41) is 0. The van der Waals surface area contributed by atoms with E-state index in [4.69, 9.17) is 0 Å². The summed E-state index contributed by atoms with van der Waals surface area (Å²) < 4.78 is 13.5. The molecule has 0 saturated carbocycles. The molecule has 0 aliphatic heterocycles. The van der Waals surface area contributed by atoms with E-state index in [-0.39, 0.29) is 11.0 Å². The first kappa shape index (κ1) is 16.6. The number of nitrogens with zero attached hydrogens (tertiary/aromatic N) is 1. The third-order valence-electron chi connectivity index (χ3n) is 3.20. The van der Waals surface area contributed by atoms with Crippen LogP contribution in [0.25, 0.3) is 0 Å². The van der Waals surface area contributed by atoms with Crippen molar-refractivity contribution >= 4 is 11.8 Å². The Morgan fingerprint density at radius 3 is 2.35 bits per heavy atom. The summed E-state index contributed by atoms with van der Waals surface area (Å²) >= 11 is 0. The van der Waals surface area contributed by atoms with Crippen molar-refractivity contribution in [2.45, 2.75) is 26.2 Å². The molecule has 2 amide bonds. The number of rotatable bonds is 2. The second-order valence-electron chi connectivity index (χ2n) is 6.07. The molecule has 1 aromatic heterocycles. The third kappa shape index (κ3) is 4.12. The number of aromatic nitrogens is 1. The van der Waals surface area contributed by atoms with E-state index < -0.39 is 17.6 Å². The summed E-state index contributed by atoms with van der Waals surface area (Å²) in [7, 11) is 0. The van der Waals surface area contributed by atoms with Crippen LogP contribution in [0.15, 0.2) is 42.6 Å². The number of halogens is 1. The van der Waals surface area contributed by atoms with Gasteiger partial charge in [-0.1, -0.05) is 32.9 Å². The highest BCUT2D eigenvalue weighted by Gasteiger charge is 2.18. The van der Waals surface area contributed by atoms with Gasteiger partial charge in [-0.3, -0.25) is 25.4 Å². The number of benzene rings is 1. The minimum atomic E-state index is -0.721. The average molecular weight is 315 g/mol. The molecule has 0 spiro atoms. The second kappa shape index (κ2) is 6.56. The molecule has 0 atom stereocenters. The molecule has 1 aromatic carbocycles. The fourth-order valence-corrected chi connectivity index (χ4v) is 1.88. The molecule has 0 fully saturated rings. The second-order valence-corrected chi connectivity index (χ2v) is 6.07. The van der Waals surface area contributed by atoms with Gasteiger partial charge in [0.15, 0.2) is 0 Å². The standard InChI is InChI=1S/C17H18FN3O2/c1-17(2,3)14-10-11(8-9-19-14)15(22)20-21-16(23)12-6-4-5-7-13(12)18/h4-10H,1-3H3,(H,20,22)(H,21,23). The van der Waals surface area contributed by atoms with Crippen LogP contribution >= 0.6 is 0 Å². The first-order valence-electron chi connectivity index (χ1n) is 7.11. The monoisotopic (exact) mass is 315 g/mol. The van der Waals surface area contributed by atoms with E-state index in [2.05, 4.69) is 15.8 Å². The van der Waals surface area contributed by atoms with Crippen LogP contribution < -0.4 is 10.9 Å². The molecule has 2 rings (SSSR count). The van der Waals surface area contributed by atoms with Crippen LogP contribution in [0.4, 0.5) is 4.39 Å². The number of pyridine rings is 1. The first-order chi connectivity index (χ1) is 10.8. The fourth-order valence-electron chi connectivity index (χ4n) is 1.88. The molecule has 23 heavy (non-hydrogen) atoms. The highest BCUT2D eigenvalue weighted by Crippen LogP contribution is 2.20. The highest BCUT2D eigenvalue weighted by molar-refractivity contribution is 5.99. The van der Waals surface area contributed by atoms with E-state index in [9.17, 15) is 14.0 Å². The maximum absolute atomic E-state index is 13.5. The first-order valence-corrected chi connectivity index (χ1v) is 7.11. The van der Waals surface area contributed by atoms with Gasteiger partial charge in [0.05, 0.1) is 5.56 Å². The molecule has 0 saturated heterocycles. The summed E-state index contributed by atoms with van der Waals surface area (Å²) in [5.41, 5.74) is 5.24. The van der Waals surface area contributed by atoms with Gasteiger partial charge in [-0.2, -0.15) is 0 Å². The molecule has 1 heterocycles. The van der Waals surface area contributed by atoms with Crippen LogP contribution in [-0.2, 0) is 5.41 Å². The molecule has 0 aliphatic rings. The number of amides is 2. The summed E-state index contributed by atoms with van der Waals surface area (Å²) in [6.45, 7) is 5.95. The molecular weight excluding hydrogens is 297 g/mol. The molecule has 6 heteroatoms. The van der Waals surface area contributed by atoms with E-state index in [1.165, 1.54) is 30.5 Å². The lowest BCUT2D eigenvalue weighted by Gasteiger charge is -2.18. The Bertz CT molecular complexity index is 739. The van der Waals surface area contributed by atoms with Crippen LogP contribution in [0.3, 0.4) is 0 Å². The SMILES string of the molecule is CC(C)(C)c1cc(C(=O)NNC(=O)c2ccccc2F)ccn1. The van der Waals surface area contributed by atoms with E-state index in [1.54, 1.807) is 12.1 Å². The summed E-state index contributed by atoms with van der Waals surface area (Å²) in [5.74, 6) is -1.87. The predicted octanol–water partition coefficient (Wildman–Crippen LogP) is 2.59. The van der Waals surface area contributed by atoms with Gasteiger partial charge >= 0.3 is 0 Å². The maximum Gasteiger partial charge on any atom is 0.272 e. The smallest absolute Gasteiger partial charge is 0.267 e. The number of hydrogen-bond donors (Lipinski definition) is 2. The molecule has 5 nitrogen and oxygen atoms in total. The molecule has 0 radical (unpaired) electrons. The Morgan fingerprint density at radius 2 is 1.70 bits per heavy atom. The third-order valence-corrected chi connectivity index (χ3v) is 3.20. The van der Waals surface area contributed by atoms with Gasteiger partial charge in [0.2, 0.25) is 0 Å². The molecular formula is C17H18FN3O2.